The number of rotatable bonds is 3. The van der Waals surface area contributed by atoms with Crippen LogP contribution in [0.3, 0.4) is 0 Å². The molecule has 0 radical (unpaired) electrons. The molecule has 5 heteroatoms. The van der Waals surface area contributed by atoms with Gasteiger partial charge in [0, 0.05) is 30.2 Å². The number of primary amides is 1. The van der Waals surface area contributed by atoms with Crippen LogP contribution in [0.1, 0.15) is 6.42 Å². The van der Waals surface area contributed by atoms with Crippen molar-refractivity contribution >= 4 is 22.5 Å². The van der Waals surface area contributed by atoms with E-state index < -0.39 is 0 Å². The number of benzene rings is 1. The van der Waals surface area contributed by atoms with Crippen LogP contribution < -0.4 is 11.5 Å². The first-order valence-electron chi connectivity index (χ1n) is 4.66. The maximum atomic E-state index is 10.6. The van der Waals surface area contributed by atoms with E-state index in [2.05, 4.69) is 5.10 Å². The number of anilines is 1. The van der Waals surface area contributed by atoms with Gasteiger partial charge in [-0.25, -0.2) is 0 Å². The fourth-order valence-corrected chi connectivity index (χ4v) is 1.42. The number of hydrogen-bond donors (Lipinski definition) is 2. The Bertz CT molecular complexity index is 503. The van der Waals surface area contributed by atoms with E-state index in [9.17, 15) is 4.79 Å². The lowest BCUT2D eigenvalue weighted by molar-refractivity contribution is -0.118. The number of aromatic nitrogens is 2. The molecule has 1 amide bonds. The lowest BCUT2D eigenvalue weighted by Gasteiger charge is -1.96. The molecule has 0 aliphatic heterocycles. The Morgan fingerprint density at radius 3 is 3.00 bits per heavy atom. The standard InChI is InChI=1S/C10H12N4O/c11-8-2-1-7-6-14(4-3-10(12)15)13-9(7)5-8/h1-2,5-6H,3-4,11H2,(H2,12,15). The van der Waals surface area contributed by atoms with Crippen molar-refractivity contribution < 1.29 is 4.79 Å². The van der Waals surface area contributed by atoms with Gasteiger partial charge >= 0.3 is 0 Å². The summed E-state index contributed by atoms with van der Waals surface area (Å²) in [5.41, 5.74) is 12.2. The average molecular weight is 204 g/mol. The van der Waals surface area contributed by atoms with Crippen LogP contribution in [0.25, 0.3) is 10.9 Å². The van der Waals surface area contributed by atoms with Gasteiger partial charge in [0.2, 0.25) is 5.91 Å². The summed E-state index contributed by atoms with van der Waals surface area (Å²) in [5.74, 6) is -0.325. The van der Waals surface area contributed by atoms with Crippen molar-refractivity contribution in [3.63, 3.8) is 0 Å². The molecular formula is C10H12N4O. The van der Waals surface area contributed by atoms with E-state index in [1.165, 1.54) is 0 Å². The van der Waals surface area contributed by atoms with Crippen LogP contribution in [-0.4, -0.2) is 15.7 Å². The van der Waals surface area contributed by atoms with Crippen molar-refractivity contribution in [2.75, 3.05) is 5.73 Å². The van der Waals surface area contributed by atoms with E-state index in [1.54, 1.807) is 10.7 Å². The van der Waals surface area contributed by atoms with Crippen molar-refractivity contribution in [1.29, 1.82) is 0 Å². The number of carbonyl (C=O) groups excluding carboxylic acids is 1. The summed E-state index contributed by atoms with van der Waals surface area (Å²) in [7, 11) is 0. The monoisotopic (exact) mass is 204 g/mol. The zero-order valence-corrected chi connectivity index (χ0v) is 8.18. The maximum absolute atomic E-state index is 10.6. The Hall–Kier alpha value is -2.04. The Morgan fingerprint density at radius 2 is 2.27 bits per heavy atom. The molecule has 2 rings (SSSR count). The summed E-state index contributed by atoms with van der Waals surface area (Å²) < 4.78 is 1.70. The summed E-state index contributed by atoms with van der Waals surface area (Å²) in [6, 6.07) is 5.52. The molecule has 78 valence electrons. The number of nitrogens with zero attached hydrogens (tertiary/aromatic N) is 2. The topological polar surface area (TPSA) is 86.9 Å². The quantitative estimate of drug-likeness (QED) is 0.713. The summed E-state index contributed by atoms with van der Waals surface area (Å²) in [4.78, 5) is 10.6. The number of hydrogen-bond acceptors (Lipinski definition) is 3. The molecule has 0 bridgehead atoms. The second kappa shape index (κ2) is 3.61. The largest absolute Gasteiger partial charge is 0.399 e. The lowest BCUT2D eigenvalue weighted by Crippen LogP contribution is -2.14. The van der Waals surface area contributed by atoms with Gasteiger partial charge in [0.25, 0.3) is 0 Å². The first-order valence-corrected chi connectivity index (χ1v) is 4.66. The van der Waals surface area contributed by atoms with Crippen molar-refractivity contribution in [1.82, 2.24) is 9.78 Å². The van der Waals surface area contributed by atoms with E-state index in [4.69, 9.17) is 11.5 Å². The number of amides is 1. The third-order valence-corrected chi connectivity index (χ3v) is 2.17. The predicted octanol–water partition coefficient (Wildman–Crippen LogP) is 0.494. The number of carbonyl (C=O) groups is 1. The van der Waals surface area contributed by atoms with E-state index in [0.717, 1.165) is 10.9 Å². The molecule has 0 saturated heterocycles. The van der Waals surface area contributed by atoms with Crippen LogP contribution in [0.2, 0.25) is 0 Å². The number of aryl methyl sites for hydroxylation is 1. The normalized spacial score (nSPS) is 10.7. The minimum Gasteiger partial charge on any atom is -0.399 e. The SMILES string of the molecule is NC(=O)CCn1cc2ccc(N)cc2n1. The molecule has 2 aromatic rings. The summed E-state index contributed by atoms with van der Waals surface area (Å²) in [5, 5.41) is 5.28. The third kappa shape index (κ3) is 2.07. The Balaban J connectivity index is 2.27. The van der Waals surface area contributed by atoms with E-state index in [-0.39, 0.29) is 5.91 Å². The minimum absolute atomic E-state index is 0.295. The van der Waals surface area contributed by atoms with E-state index in [1.807, 2.05) is 18.3 Å². The van der Waals surface area contributed by atoms with Gasteiger partial charge in [-0.05, 0) is 18.2 Å². The Morgan fingerprint density at radius 1 is 1.47 bits per heavy atom. The average Bonchev–Trinajstić information content (AvgIpc) is 2.56. The summed E-state index contributed by atoms with van der Waals surface area (Å²) in [6.45, 7) is 0.504. The molecule has 0 aliphatic carbocycles. The van der Waals surface area contributed by atoms with Crippen molar-refractivity contribution in [3.05, 3.63) is 24.4 Å². The fourth-order valence-electron chi connectivity index (χ4n) is 1.42. The highest BCUT2D eigenvalue weighted by Crippen LogP contribution is 2.15. The van der Waals surface area contributed by atoms with Crippen LogP contribution in [0, 0.1) is 0 Å². The Labute approximate surface area is 86.7 Å². The van der Waals surface area contributed by atoms with Crippen LogP contribution in [0.15, 0.2) is 24.4 Å². The molecule has 4 N–H and O–H groups in total. The first-order chi connectivity index (χ1) is 7.15. The number of fused-ring (bicyclic) bond motifs is 1. The zero-order chi connectivity index (χ0) is 10.8. The second-order valence-corrected chi connectivity index (χ2v) is 3.43. The van der Waals surface area contributed by atoms with Gasteiger partial charge in [0.15, 0.2) is 0 Å². The van der Waals surface area contributed by atoms with Gasteiger partial charge in [0.1, 0.15) is 0 Å². The highest BCUT2D eigenvalue weighted by molar-refractivity contribution is 5.81. The molecule has 0 atom stereocenters. The lowest BCUT2D eigenvalue weighted by atomic mass is 10.2. The Kier molecular flexibility index (Phi) is 2.29. The van der Waals surface area contributed by atoms with E-state index >= 15 is 0 Å². The number of nitrogen functional groups attached to an aromatic ring is 1. The van der Waals surface area contributed by atoms with Gasteiger partial charge in [0.05, 0.1) is 5.52 Å². The van der Waals surface area contributed by atoms with Gasteiger partial charge in [-0.1, -0.05) is 0 Å². The maximum Gasteiger partial charge on any atom is 0.219 e. The molecule has 15 heavy (non-hydrogen) atoms. The van der Waals surface area contributed by atoms with Crippen molar-refractivity contribution in [3.8, 4) is 0 Å². The predicted molar refractivity (Wildman–Crippen MR) is 58.0 cm³/mol. The molecular weight excluding hydrogens is 192 g/mol. The third-order valence-electron chi connectivity index (χ3n) is 2.17. The van der Waals surface area contributed by atoms with Gasteiger partial charge in [-0.2, -0.15) is 5.10 Å². The molecule has 1 heterocycles. The number of nitrogens with two attached hydrogens (primary N) is 2. The van der Waals surface area contributed by atoms with Crippen molar-refractivity contribution in [2.45, 2.75) is 13.0 Å². The first kappa shape index (κ1) is 9.51. The fraction of sp³-hybridized carbons (Fsp3) is 0.200. The highest BCUT2D eigenvalue weighted by Gasteiger charge is 2.02. The van der Waals surface area contributed by atoms with Gasteiger partial charge < -0.3 is 11.5 Å². The summed E-state index contributed by atoms with van der Waals surface area (Å²) in [6.07, 6.45) is 2.17. The molecule has 0 fully saturated rings. The van der Waals surface area contributed by atoms with Gasteiger partial charge in [-0.3, -0.25) is 9.48 Å². The van der Waals surface area contributed by atoms with Crippen LogP contribution in [-0.2, 0) is 11.3 Å². The highest BCUT2D eigenvalue weighted by atomic mass is 16.1. The van der Waals surface area contributed by atoms with Crippen LogP contribution in [0.4, 0.5) is 5.69 Å². The van der Waals surface area contributed by atoms with Crippen molar-refractivity contribution in [2.24, 2.45) is 5.73 Å². The minimum atomic E-state index is -0.325. The van der Waals surface area contributed by atoms with Crippen LogP contribution >= 0.6 is 0 Å². The van der Waals surface area contributed by atoms with Gasteiger partial charge in [-0.15, -0.1) is 0 Å². The molecule has 0 spiro atoms. The van der Waals surface area contributed by atoms with Crippen LogP contribution in [0.5, 0.6) is 0 Å². The molecule has 5 nitrogen and oxygen atoms in total. The molecule has 0 saturated carbocycles. The molecule has 0 unspecified atom stereocenters. The smallest absolute Gasteiger partial charge is 0.219 e. The summed E-state index contributed by atoms with van der Waals surface area (Å²) >= 11 is 0. The zero-order valence-electron chi connectivity index (χ0n) is 8.18. The molecule has 0 aliphatic rings. The molecule has 1 aromatic carbocycles. The molecule has 1 aromatic heterocycles. The van der Waals surface area contributed by atoms with E-state index in [0.29, 0.717) is 18.7 Å². The second-order valence-electron chi connectivity index (χ2n) is 3.43.